The number of hydrogen-bond acceptors (Lipinski definition) is 3. The van der Waals surface area contributed by atoms with Crippen molar-refractivity contribution >= 4 is 0 Å². The van der Waals surface area contributed by atoms with Crippen LogP contribution in [-0.2, 0) is 6.54 Å². The van der Waals surface area contributed by atoms with Gasteiger partial charge in [0.15, 0.2) is 0 Å². The zero-order chi connectivity index (χ0) is 12.3. The Balaban J connectivity index is 2.23. The van der Waals surface area contributed by atoms with E-state index in [2.05, 4.69) is 5.10 Å². The maximum Gasteiger partial charge on any atom is 0.124 e. The Kier molecular flexibility index (Phi) is 3.44. The smallest absolute Gasteiger partial charge is 0.124 e. The Bertz CT molecular complexity index is 480. The first-order chi connectivity index (χ1) is 8.20. The van der Waals surface area contributed by atoms with Gasteiger partial charge in [-0.2, -0.15) is 5.10 Å². The van der Waals surface area contributed by atoms with Gasteiger partial charge in [0.2, 0.25) is 0 Å². The molecule has 1 unspecified atom stereocenters. The Morgan fingerprint density at radius 2 is 2.29 bits per heavy atom. The average molecular weight is 232 g/mol. The number of nitrogens with zero attached hydrogens (tertiary/aromatic N) is 2. The molecule has 0 saturated heterocycles. The van der Waals surface area contributed by atoms with Crippen LogP contribution in [0.5, 0.6) is 5.75 Å². The summed E-state index contributed by atoms with van der Waals surface area (Å²) in [5.41, 5.74) is 1.89. The van der Waals surface area contributed by atoms with Gasteiger partial charge in [0.25, 0.3) is 0 Å². The molecule has 0 amide bonds. The molecule has 2 aromatic rings. The Labute approximate surface area is 100 Å². The molecule has 2 rings (SSSR count). The van der Waals surface area contributed by atoms with Crippen LogP contribution >= 0.6 is 0 Å². The number of benzene rings is 1. The summed E-state index contributed by atoms with van der Waals surface area (Å²) in [5.74, 6) is 0.704. The number of aromatic nitrogens is 2. The largest absolute Gasteiger partial charge is 0.496 e. The van der Waals surface area contributed by atoms with Crippen LogP contribution in [0.1, 0.15) is 17.2 Å². The summed E-state index contributed by atoms with van der Waals surface area (Å²) in [7, 11) is 1.61. The number of ether oxygens (including phenoxy) is 1. The Hall–Kier alpha value is -1.81. The van der Waals surface area contributed by atoms with E-state index in [1.807, 2.05) is 37.4 Å². The predicted octanol–water partition coefficient (Wildman–Crippen LogP) is 1.93. The van der Waals surface area contributed by atoms with Crippen LogP contribution in [0.25, 0.3) is 0 Å². The SMILES string of the molecule is COc1ccc(C)cc1C(O)Cn1cccn1. The van der Waals surface area contributed by atoms with Crippen LogP contribution in [0.2, 0.25) is 0 Å². The lowest BCUT2D eigenvalue weighted by Crippen LogP contribution is -2.10. The predicted molar refractivity (Wildman–Crippen MR) is 64.9 cm³/mol. The van der Waals surface area contributed by atoms with Gasteiger partial charge in [0.1, 0.15) is 11.9 Å². The molecule has 1 aromatic heterocycles. The number of rotatable bonds is 4. The van der Waals surface area contributed by atoms with Crippen molar-refractivity contribution in [3.8, 4) is 5.75 Å². The summed E-state index contributed by atoms with van der Waals surface area (Å²) in [6, 6.07) is 7.60. The van der Waals surface area contributed by atoms with E-state index in [0.717, 1.165) is 11.1 Å². The van der Waals surface area contributed by atoms with Gasteiger partial charge in [-0.05, 0) is 25.1 Å². The summed E-state index contributed by atoms with van der Waals surface area (Å²) in [6.07, 6.45) is 2.90. The average Bonchev–Trinajstić information content (AvgIpc) is 2.81. The minimum Gasteiger partial charge on any atom is -0.496 e. The molecule has 1 N–H and O–H groups in total. The van der Waals surface area contributed by atoms with Gasteiger partial charge in [-0.3, -0.25) is 4.68 Å². The van der Waals surface area contributed by atoms with E-state index in [0.29, 0.717) is 12.3 Å². The fourth-order valence-electron chi connectivity index (χ4n) is 1.80. The summed E-state index contributed by atoms with van der Waals surface area (Å²) < 4.78 is 6.95. The van der Waals surface area contributed by atoms with Crippen LogP contribution in [0.15, 0.2) is 36.7 Å². The van der Waals surface area contributed by atoms with E-state index in [9.17, 15) is 5.11 Å². The molecule has 0 aliphatic carbocycles. The van der Waals surface area contributed by atoms with E-state index in [4.69, 9.17) is 4.74 Å². The van der Waals surface area contributed by atoms with Gasteiger partial charge < -0.3 is 9.84 Å². The minimum atomic E-state index is -0.621. The third-order valence-electron chi connectivity index (χ3n) is 2.66. The first-order valence-electron chi connectivity index (χ1n) is 5.50. The molecule has 1 atom stereocenters. The number of hydrogen-bond donors (Lipinski definition) is 1. The topological polar surface area (TPSA) is 47.3 Å². The minimum absolute atomic E-state index is 0.423. The molecule has 0 radical (unpaired) electrons. The van der Waals surface area contributed by atoms with Crippen molar-refractivity contribution < 1.29 is 9.84 Å². The van der Waals surface area contributed by atoms with Gasteiger partial charge in [-0.15, -0.1) is 0 Å². The normalized spacial score (nSPS) is 12.4. The van der Waals surface area contributed by atoms with Gasteiger partial charge in [-0.1, -0.05) is 11.6 Å². The second-order valence-electron chi connectivity index (χ2n) is 3.99. The lowest BCUT2D eigenvalue weighted by Gasteiger charge is -2.15. The van der Waals surface area contributed by atoms with Crippen LogP contribution in [0.3, 0.4) is 0 Å². The van der Waals surface area contributed by atoms with Crippen LogP contribution in [0.4, 0.5) is 0 Å². The highest BCUT2D eigenvalue weighted by Gasteiger charge is 2.14. The monoisotopic (exact) mass is 232 g/mol. The number of aryl methyl sites for hydroxylation is 1. The summed E-state index contributed by atoms with van der Waals surface area (Å²) in [4.78, 5) is 0. The van der Waals surface area contributed by atoms with Gasteiger partial charge in [-0.25, -0.2) is 0 Å². The molecule has 1 aromatic carbocycles. The second-order valence-corrected chi connectivity index (χ2v) is 3.99. The molecular formula is C13H16N2O2. The molecule has 0 spiro atoms. The van der Waals surface area contributed by atoms with E-state index in [1.54, 1.807) is 18.0 Å². The molecule has 17 heavy (non-hydrogen) atoms. The third-order valence-corrected chi connectivity index (χ3v) is 2.66. The van der Waals surface area contributed by atoms with Gasteiger partial charge >= 0.3 is 0 Å². The molecular weight excluding hydrogens is 216 g/mol. The first kappa shape index (κ1) is 11.7. The highest BCUT2D eigenvalue weighted by molar-refractivity contribution is 5.38. The molecule has 4 nitrogen and oxygen atoms in total. The quantitative estimate of drug-likeness (QED) is 0.876. The molecule has 4 heteroatoms. The maximum absolute atomic E-state index is 10.2. The fourth-order valence-corrected chi connectivity index (χ4v) is 1.80. The van der Waals surface area contributed by atoms with Crippen molar-refractivity contribution in [2.24, 2.45) is 0 Å². The van der Waals surface area contributed by atoms with Crippen molar-refractivity contribution in [2.45, 2.75) is 19.6 Å². The lowest BCUT2D eigenvalue weighted by molar-refractivity contribution is 0.148. The second kappa shape index (κ2) is 5.01. The maximum atomic E-state index is 10.2. The number of aliphatic hydroxyl groups excluding tert-OH is 1. The highest BCUT2D eigenvalue weighted by atomic mass is 16.5. The van der Waals surface area contributed by atoms with Crippen LogP contribution < -0.4 is 4.74 Å². The van der Waals surface area contributed by atoms with Crippen molar-refractivity contribution in [2.75, 3.05) is 7.11 Å². The summed E-state index contributed by atoms with van der Waals surface area (Å²) in [6.45, 7) is 2.41. The van der Waals surface area contributed by atoms with Crippen molar-refractivity contribution in [3.05, 3.63) is 47.8 Å². The Morgan fingerprint density at radius 3 is 2.94 bits per heavy atom. The number of aliphatic hydroxyl groups is 1. The van der Waals surface area contributed by atoms with E-state index >= 15 is 0 Å². The molecule has 1 heterocycles. The highest BCUT2D eigenvalue weighted by Crippen LogP contribution is 2.27. The van der Waals surface area contributed by atoms with Crippen LogP contribution in [0, 0.1) is 6.92 Å². The Morgan fingerprint density at radius 1 is 1.47 bits per heavy atom. The fraction of sp³-hybridized carbons (Fsp3) is 0.308. The van der Waals surface area contributed by atoms with E-state index < -0.39 is 6.10 Å². The van der Waals surface area contributed by atoms with Gasteiger partial charge in [0.05, 0.1) is 13.7 Å². The van der Waals surface area contributed by atoms with Crippen molar-refractivity contribution in [1.82, 2.24) is 9.78 Å². The van der Waals surface area contributed by atoms with E-state index in [-0.39, 0.29) is 0 Å². The lowest BCUT2D eigenvalue weighted by atomic mass is 10.1. The third kappa shape index (κ3) is 2.65. The summed E-state index contributed by atoms with van der Waals surface area (Å²) >= 11 is 0. The molecule has 0 bridgehead atoms. The summed E-state index contributed by atoms with van der Waals surface area (Å²) in [5, 5.41) is 14.3. The van der Waals surface area contributed by atoms with Crippen molar-refractivity contribution in [3.63, 3.8) is 0 Å². The standard InChI is InChI=1S/C13H16N2O2/c1-10-4-5-13(17-2)11(8-10)12(16)9-15-7-3-6-14-15/h3-8,12,16H,9H2,1-2H3. The van der Waals surface area contributed by atoms with Crippen LogP contribution in [-0.4, -0.2) is 22.0 Å². The van der Waals surface area contributed by atoms with Crippen molar-refractivity contribution in [1.29, 1.82) is 0 Å². The molecule has 0 saturated carbocycles. The zero-order valence-electron chi connectivity index (χ0n) is 10.00. The molecule has 90 valence electrons. The zero-order valence-corrected chi connectivity index (χ0v) is 10.00. The molecule has 0 aliphatic rings. The first-order valence-corrected chi connectivity index (χ1v) is 5.50. The molecule has 0 aliphatic heterocycles. The molecule has 0 fully saturated rings. The number of methoxy groups -OCH3 is 1. The van der Waals surface area contributed by atoms with Gasteiger partial charge in [0, 0.05) is 18.0 Å². The van der Waals surface area contributed by atoms with E-state index in [1.165, 1.54) is 0 Å².